The number of anilines is 1. The van der Waals surface area contributed by atoms with Gasteiger partial charge in [-0.25, -0.2) is 4.39 Å². The van der Waals surface area contributed by atoms with Crippen LogP contribution < -0.4 is 10.2 Å². The van der Waals surface area contributed by atoms with Gasteiger partial charge in [0.2, 0.25) is 0 Å². The lowest BCUT2D eigenvalue weighted by Gasteiger charge is -2.38. The molecule has 1 aliphatic heterocycles. The zero-order valence-corrected chi connectivity index (χ0v) is 16.4. The molecule has 27 heavy (non-hydrogen) atoms. The average Bonchev–Trinajstić information content (AvgIpc) is 2.66. The number of nitrogens with one attached hydrogen (secondary N) is 1. The molecular weight excluding hydrogens is 367 g/mol. The molecule has 0 atom stereocenters. The third kappa shape index (κ3) is 4.42. The zero-order valence-electron chi connectivity index (χ0n) is 15.6. The van der Waals surface area contributed by atoms with Crippen molar-refractivity contribution in [3.05, 3.63) is 64.4 Å². The summed E-state index contributed by atoms with van der Waals surface area (Å²) in [5.74, 6) is -0.699. The van der Waals surface area contributed by atoms with Crippen molar-refractivity contribution in [1.82, 2.24) is 5.32 Å². The van der Waals surface area contributed by atoms with Crippen LogP contribution in [0.15, 0.2) is 42.5 Å². The van der Waals surface area contributed by atoms with E-state index in [2.05, 4.69) is 5.32 Å². The number of carbonyl (C=O) groups is 1. The maximum absolute atomic E-state index is 14.2. The molecule has 1 saturated heterocycles. The molecule has 0 unspecified atom stereocenters. The summed E-state index contributed by atoms with van der Waals surface area (Å²) in [6.45, 7) is 1.72. The van der Waals surface area contributed by atoms with Crippen LogP contribution in [0, 0.1) is 5.82 Å². The van der Waals surface area contributed by atoms with E-state index in [1.165, 1.54) is 6.07 Å². The van der Waals surface area contributed by atoms with Gasteiger partial charge < -0.3 is 15.0 Å². The van der Waals surface area contributed by atoms with E-state index >= 15 is 0 Å². The van der Waals surface area contributed by atoms with Crippen molar-refractivity contribution in [3.8, 4) is 0 Å². The molecule has 1 N–H and O–H groups in total. The number of amides is 1. The van der Waals surface area contributed by atoms with Gasteiger partial charge in [0.15, 0.2) is 0 Å². The number of hydrogen-bond donors (Lipinski definition) is 1. The monoisotopic (exact) mass is 390 g/mol. The molecule has 0 bridgehead atoms. The molecule has 0 spiro atoms. The lowest BCUT2D eigenvalue weighted by Crippen LogP contribution is -2.44. The lowest BCUT2D eigenvalue weighted by atomic mass is 9.74. The lowest BCUT2D eigenvalue weighted by molar-refractivity contribution is 0.0487. The SMILES string of the molecule is CN(C)c1ccc(C(=O)NCC2(c3cccc(Cl)c3)CCOCC2)cc1F. The molecule has 1 aliphatic rings. The Bertz CT molecular complexity index is 820. The Hall–Kier alpha value is -2.11. The number of halogens is 2. The number of nitrogens with zero attached hydrogens (tertiary/aromatic N) is 1. The van der Waals surface area contributed by atoms with Crippen LogP contribution in [0.4, 0.5) is 10.1 Å². The fraction of sp³-hybridized carbons (Fsp3) is 0.381. The molecule has 2 aromatic carbocycles. The number of carbonyl (C=O) groups excluding carboxylic acids is 1. The van der Waals surface area contributed by atoms with Gasteiger partial charge in [0, 0.05) is 49.9 Å². The summed E-state index contributed by atoms with van der Waals surface area (Å²) in [6.07, 6.45) is 1.59. The molecule has 2 aromatic rings. The standard InChI is InChI=1S/C21H24ClFN2O2/c1-25(2)19-7-6-15(12-18(19)23)20(26)24-14-21(8-10-27-11-9-21)16-4-3-5-17(22)13-16/h3-7,12-13H,8-11,14H2,1-2H3,(H,24,26). The first kappa shape index (κ1) is 19.6. The highest BCUT2D eigenvalue weighted by Crippen LogP contribution is 2.35. The van der Waals surface area contributed by atoms with Crippen LogP contribution in [-0.4, -0.2) is 39.8 Å². The number of benzene rings is 2. The van der Waals surface area contributed by atoms with Crippen LogP contribution in [0.3, 0.4) is 0 Å². The summed E-state index contributed by atoms with van der Waals surface area (Å²) in [5.41, 5.74) is 1.62. The van der Waals surface area contributed by atoms with Crippen LogP contribution in [-0.2, 0) is 10.2 Å². The Kier molecular flexibility index (Phi) is 6.02. The molecule has 0 radical (unpaired) electrons. The van der Waals surface area contributed by atoms with Gasteiger partial charge in [0.05, 0.1) is 5.69 Å². The van der Waals surface area contributed by atoms with Gasteiger partial charge in [-0.2, -0.15) is 0 Å². The van der Waals surface area contributed by atoms with Crippen molar-refractivity contribution in [2.45, 2.75) is 18.3 Å². The van der Waals surface area contributed by atoms with Crippen LogP contribution in [0.5, 0.6) is 0 Å². The first-order chi connectivity index (χ1) is 12.9. The van der Waals surface area contributed by atoms with Crippen LogP contribution >= 0.6 is 11.6 Å². The number of rotatable bonds is 5. The van der Waals surface area contributed by atoms with E-state index in [1.807, 2.05) is 24.3 Å². The Morgan fingerprint density at radius 3 is 2.59 bits per heavy atom. The van der Waals surface area contributed by atoms with Gasteiger partial charge in [-0.15, -0.1) is 0 Å². The second-order valence-corrected chi connectivity index (χ2v) is 7.58. The fourth-order valence-corrected chi connectivity index (χ4v) is 3.70. The molecule has 1 fully saturated rings. The number of ether oxygens (including phenoxy) is 1. The van der Waals surface area contributed by atoms with Crippen molar-refractivity contribution in [2.24, 2.45) is 0 Å². The maximum atomic E-state index is 14.2. The molecule has 0 aliphatic carbocycles. The van der Waals surface area contributed by atoms with Gasteiger partial charge in [-0.05, 0) is 48.7 Å². The topological polar surface area (TPSA) is 41.6 Å². The van der Waals surface area contributed by atoms with Gasteiger partial charge in [0.25, 0.3) is 5.91 Å². The minimum Gasteiger partial charge on any atom is -0.381 e. The van der Waals surface area contributed by atoms with E-state index in [4.69, 9.17) is 16.3 Å². The van der Waals surface area contributed by atoms with E-state index in [1.54, 1.807) is 31.1 Å². The Morgan fingerprint density at radius 2 is 1.96 bits per heavy atom. The van der Waals surface area contributed by atoms with Crippen molar-refractivity contribution in [1.29, 1.82) is 0 Å². The third-order valence-corrected chi connectivity index (χ3v) is 5.40. The Morgan fingerprint density at radius 1 is 1.22 bits per heavy atom. The van der Waals surface area contributed by atoms with Crippen molar-refractivity contribution in [3.63, 3.8) is 0 Å². The molecule has 3 rings (SSSR count). The van der Waals surface area contributed by atoms with Gasteiger partial charge >= 0.3 is 0 Å². The summed E-state index contributed by atoms with van der Waals surface area (Å²) in [4.78, 5) is 14.3. The minimum absolute atomic E-state index is 0.235. The molecule has 1 amide bonds. The van der Waals surface area contributed by atoms with Gasteiger partial charge in [-0.3, -0.25) is 4.79 Å². The fourth-order valence-electron chi connectivity index (χ4n) is 3.51. The van der Waals surface area contributed by atoms with E-state index in [-0.39, 0.29) is 11.3 Å². The van der Waals surface area contributed by atoms with Crippen LogP contribution in [0.1, 0.15) is 28.8 Å². The van der Waals surface area contributed by atoms with Gasteiger partial charge in [-0.1, -0.05) is 23.7 Å². The normalized spacial score (nSPS) is 16.0. The van der Waals surface area contributed by atoms with Gasteiger partial charge in [0.1, 0.15) is 5.82 Å². The summed E-state index contributed by atoms with van der Waals surface area (Å²) >= 11 is 6.18. The van der Waals surface area contributed by atoms with Crippen molar-refractivity contribution in [2.75, 3.05) is 38.8 Å². The summed E-state index contributed by atoms with van der Waals surface area (Å²) in [7, 11) is 3.52. The molecule has 0 aromatic heterocycles. The predicted molar refractivity (Wildman–Crippen MR) is 106 cm³/mol. The first-order valence-corrected chi connectivity index (χ1v) is 9.38. The highest BCUT2D eigenvalue weighted by atomic mass is 35.5. The quantitative estimate of drug-likeness (QED) is 0.838. The molecule has 6 heteroatoms. The highest BCUT2D eigenvalue weighted by molar-refractivity contribution is 6.30. The third-order valence-electron chi connectivity index (χ3n) is 5.17. The maximum Gasteiger partial charge on any atom is 0.251 e. The van der Waals surface area contributed by atoms with Crippen LogP contribution in [0.2, 0.25) is 5.02 Å². The smallest absolute Gasteiger partial charge is 0.251 e. The Balaban J connectivity index is 1.78. The second-order valence-electron chi connectivity index (χ2n) is 7.15. The first-order valence-electron chi connectivity index (χ1n) is 9.00. The highest BCUT2D eigenvalue weighted by Gasteiger charge is 2.35. The molecule has 144 valence electrons. The molecule has 1 heterocycles. The van der Waals surface area contributed by atoms with E-state index in [0.29, 0.717) is 36.0 Å². The average molecular weight is 391 g/mol. The predicted octanol–water partition coefficient (Wildman–Crippen LogP) is 4.02. The van der Waals surface area contributed by atoms with Crippen molar-refractivity contribution < 1.29 is 13.9 Å². The summed E-state index contributed by atoms with van der Waals surface area (Å²) in [5, 5.41) is 3.66. The second kappa shape index (κ2) is 8.28. The summed E-state index contributed by atoms with van der Waals surface area (Å²) < 4.78 is 19.7. The largest absolute Gasteiger partial charge is 0.381 e. The zero-order chi connectivity index (χ0) is 19.4. The molecule has 0 saturated carbocycles. The molecular formula is C21H24ClFN2O2. The molecule has 4 nitrogen and oxygen atoms in total. The number of hydrogen-bond acceptors (Lipinski definition) is 3. The minimum atomic E-state index is -0.414. The summed E-state index contributed by atoms with van der Waals surface area (Å²) in [6, 6.07) is 12.3. The van der Waals surface area contributed by atoms with Crippen molar-refractivity contribution >= 4 is 23.2 Å². The van der Waals surface area contributed by atoms with E-state index < -0.39 is 5.82 Å². The Labute approximate surface area is 164 Å². The van der Waals surface area contributed by atoms with E-state index in [0.717, 1.165) is 18.4 Å². The van der Waals surface area contributed by atoms with E-state index in [9.17, 15) is 9.18 Å². The van der Waals surface area contributed by atoms with Crippen LogP contribution in [0.25, 0.3) is 0 Å².